The van der Waals surface area contributed by atoms with Crippen LogP contribution in [0.1, 0.15) is 6.42 Å². The summed E-state index contributed by atoms with van der Waals surface area (Å²) in [5.41, 5.74) is 4.85. The zero-order chi connectivity index (χ0) is 10.1. The van der Waals surface area contributed by atoms with Crippen molar-refractivity contribution >= 4 is 6.03 Å². The quantitative estimate of drug-likeness (QED) is 0.604. The van der Waals surface area contributed by atoms with Crippen LogP contribution in [0.4, 0.5) is 13.6 Å². The highest BCUT2D eigenvalue weighted by atomic mass is 19.3. The molecule has 0 radical (unpaired) electrons. The SMILES string of the molecule is N#CC1CCN(C(N)=O)CC1(F)F. The van der Waals surface area contributed by atoms with E-state index < -0.39 is 24.4 Å². The van der Waals surface area contributed by atoms with E-state index in [1.54, 1.807) is 0 Å². The van der Waals surface area contributed by atoms with Crippen molar-refractivity contribution in [3.05, 3.63) is 0 Å². The lowest BCUT2D eigenvalue weighted by Gasteiger charge is -2.34. The van der Waals surface area contributed by atoms with E-state index in [0.717, 1.165) is 4.90 Å². The van der Waals surface area contributed by atoms with Crippen molar-refractivity contribution in [3.8, 4) is 6.07 Å². The summed E-state index contributed by atoms with van der Waals surface area (Å²) >= 11 is 0. The number of hydrogen-bond acceptors (Lipinski definition) is 2. The van der Waals surface area contributed by atoms with Crippen molar-refractivity contribution in [1.82, 2.24) is 4.90 Å². The highest BCUT2D eigenvalue weighted by Gasteiger charge is 2.45. The molecule has 6 heteroatoms. The van der Waals surface area contributed by atoms with Gasteiger partial charge in [-0.15, -0.1) is 0 Å². The largest absolute Gasteiger partial charge is 0.351 e. The van der Waals surface area contributed by atoms with Crippen molar-refractivity contribution in [3.63, 3.8) is 0 Å². The number of piperidine rings is 1. The van der Waals surface area contributed by atoms with Gasteiger partial charge >= 0.3 is 6.03 Å². The van der Waals surface area contributed by atoms with Crippen LogP contribution in [-0.4, -0.2) is 29.9 Å². The molecule has 0 spiro atoms. The summed E-state index contributed by atoms with van der Waals surface area (Å²) in [6.07, 6.45) is -0.0214. The van der Waals surface area contributed by atoms with E-state index in [-0.39, 0.29) is 13.0 Å². The predicted octanol–water partition coefficient (Wildman–Crippen LogP) is 0.546. The van der Waals surface area contributed by atoms with Crippen molar-refractivity contribution in [1.29, 1.82) is 5.26 Å². The molecule has 1 heterocycles. The Kier molecular flexibility index (Phi) is 2.36. The third-order valence-corrected chi connectivity index (χ3v) is 2.07. The van der Waals surface area contributed by atoms with E-state index in [0.29, 0.717) is 0 Å². The third kappa shape index (κ3) is 1.86. The van der Waals surface area contributed by atoms with Crippen molar-refractivity contribution in [2.24, 2.45) is 11.7 Å². The van der Waals surface area contributed by atoms with Gasteiger partial charge < -0.3 is 10.6 Å². The molecule has 72 valence electrons. The summed E-state index contributed by atoms with van der Waals surface area (Å²) in [7, 11) is 0. The van der Waals surface area contributed by atoms with Crippen LogP contribution in [0, 0.1) is 17.2 Å². The van der Waals surface area contributed by atoms with Gasteiger partial charge in [0.2, 0.25) is 0 Å². The minimum atomic E-state index is -3.14. The van der Waals surface area contributed by atoms with Crippen LogP contribution in [0.3, 0.4) is 0 Å². The van der Waals surface area contributed by atoms with E-state index >= 15 is 0 Å². The van der Waals surface area contributed by atoms with Crippen LogP contribution in [0.15, 0.2) is 0 Å². The van der Waals surface area contributed by atoms with Gasteiger partial charge in [-0.05, 0) is 6.42 Å². The second-order valence-electron chi connectivity index (χ2n) is 2.99. The van der Waals surface area contributed by atoms with Gasteiger partial charge in [0, 0.05) is 6.54 Å². The Morgan fingerprint density at radius 2 is 2.31 bits per heavy atom. The molecule has 2 amide bonds. The molecule has 0 saturated carbocycles. The van der Waals surface area contributed by atoms with Gasteiger partial charge in [-0.25, -0.2) is 13.6 Å². The van der Waals surface area contributed by atoms with Gasteiger partial charge in [0.05, 0.1) is 12.6 Å². The Morgan fingerprint density at radius 3 is 2.69 bits per heavy atom. The zero-order valence-electron chi connectivity index (χ0n) is 6.83. The molecule has 0 aromatic carbocycles. The van der Waals surface area contributed by atoms with E-state index in [4.69, 9.17) is 11.0 Å². The van der Waals surface area contributed by atoms with Crippen molar-refractivity contribution in [2.75, 3.05) is 13.1 Å². The van der Waals surface area contributed by atoms with Gasteiger partial charge in [0.15, 0.2) is 0 Å². The number of amides is 2. The lowest BCUT2D eigenvalue weighted by atomic mass is 9.94. The van der Waals surface area contributed by atoms with E-state index in [1.807, 2.05) is 0 Å². The van der Waals surface area contributed by atoms with Crippen molar-refractivity contribution in [2.45, 2.75) is 12.3 Å². The van der Waals surface area contributed by atoms with E-state index in [1.165, 1.54) is 6.07 Å². The fraction of sp³-hybridized carbons (Fsp3) is 0.714. The molecule has 0 bridgehead atoms. The first kappa shape index (κ1) is 9.71. The second kappa shape index (κ2) is 3.17. The number of rotatable bonds is 0. The monoisotopic (exact) mass is 189 g/mol. The number of nitriles is 1. The predicted molar refractivity (Wildman–Crippen MR) is 39.8 cm³/mol. The normalized spacial score (nSPS) is 26.5. The molecule has 1 aliphatic heterocycles. The van der Waals surface area contributed by atoms with Crippen LogP contribution >= 0.6 is 0 Å². The molecule has 0 aliphatic carbocycles. The number of likely N-dealkylation sites (tertiary alicyclic amines) is 1. The van der Waals surface area contributed by atoms with Gasteiger partial charge in [-0.1, -0.05) is 0 Å². The minimum Gasteiger partial charge on any atom is -0.351 e. The Bertz CT molecular complexity index is 261. The first-order valence-electron chi connectivity index (χ1n) is 3.79. The number of halogens is 2. The Hall–Kier alpha value is -1.38. The number of carbonyl (C=O) groups excluding carboxylic acids is 1. The molecule has 1 saturated heterocycles. The van der Waals surface area contributed by atoms with Crippen molar-refractivity contribution < 1.29 is 13.6 Å². The van der Waals surface area contributed by atoms with Crippen LogP contribution in [0.25, 0.3) is 0 Å². The van der Waals surface area contributed by atoms with Gasteiger partial charge in [0.1, 0.15) is 5.92 Å². The standard InChI is InChI=1S/C7H9F2N3O/c8-7(9)4-12(6(11)13)2-1-5(7)3-10/h5H,1-2,4H2,(H2,11,13). The maximum Gasteiger partial charge on any atom is 0.314 e. The summed E-state index contributed by atoms with van der Waals surface area (Å²) in [6, 6.07) is 0.660. The summed E-state index contributed by atoms with van der Waals surface area (Å²) in [4.78, 5) is 11.4. The van der Waals surface area contributed by atoms with Crippen LogP contribution in [0.2, 0.25) is 0 Å². The number of primary amides is 1. The summed E-state index contributed by atoms with van der Waals surface area (Å²) in [6.45, 7) is -0.621. The number of nitrogens with two attached hydrogens (primary N) is 1. The number of nitrogens with zero attached hydrogens (tertiary/aromatic N) is 2. The minimum absolute atomic E-state index is 0.0214. The zero-order valence-corrected chi connectivity index (χ0v) is 6.83. The lowest BCUT2D eigenvalue weighted by Crippen LogP contribution is -2.51. The maximum absolute atomic E-state index is 13.0. The van der Waals surface area contributed by atoms with Gasteiger partial charge in [0.25, 0.3) is 5.92 Å². The number of alkyl halides is 2. The first-order chi connectivity index (χ1) is 5.97. The molecule has 2 N–H and O–H groups in total. The fourth-order valence-corrected chi connectivity index (χ4v) is 1.29. The number of carbonyl (C=O) groups is 1. The molecule has 4 nitrogen and oxygen atoms in total. The smallest absolute Gasteiger partial charge is 0.314 e. The Balaban J connectivity index is 2.71. The van der Waals surface area contributed by atoms with Crippen LogP contribution < -0.4 is 5.73 Å². The molecule has 1 rings (SSSR count). The number of hydrogen-bond donors (Lipinski definition) is 1. The second-order valence-corrected chi connectivity index (χ2v) is 2.99. The maximum atomic E-state index is 13.0. The summed E-state index contributed by atoms with van der Waals surface area (Å²) in [5, 5.41) is 8.39. The van der Waals surface area contributed by atoms with Gasteiger partial charge in [-0.3, -0.25) is 0 Å². The molecule has 1 unspecified atom stereocenters. The molecular formula is C7H9F2N3O. The molecule has 1 aliphatic rings. The highest BCUT2D eigenvalue weighted by molar-refractivity contribution is 5.72. The van der Waals surface area contributed by atoms with E-state index in [9.17, 15) is 13.6 Å². The molecule has 13 heavy (non-hydrogen) atoms. The molecule has 0 aromatic heterocycles. The highest BCUT2D eigenvalue weighted by Crippen LogP contribution is 2.31. The lowest BCUT2D eigenvalue weighted by molar-refractivity contribution is -0.0802. The van der Waals surface area contributed by atoms with E-state index in [2.05, 4.69) is 0 Å². The molecule has 1 atom stereocenters. The first-order valence-corrected chi connectivity index (χ1v) is 3.79. The van der Waals surface area contributed by atoms with Crippen LogP contribution in [-0.2, 0) is 0 Å². The molecular weight excluding hydrogens is 180 g/mol. The topological polar surface area (TPSA) is 70.1 Å². The number of urea groups is 1. The molecule has 1 fully saturated rings. The Morgan fingerprint density at radius 1 is 1.69 bits per heavy atom. The molecule has 0 aromatic rings. The van der Waals surface area contributed by atoms with Gasteiger partial charge in [-0.2, -0.15) is 5.26 Å². The Labute approximate surface area is 73.9 Å². The fourth-order valence-electron chi connectivity index (χ4n) is 1.29. The third-order valence-electron chi connectivity index (χ3n) is 2.07. The van der Waals surface area contributed by atoms with Crippen LogP contribution in [0.5, 0.6) is 0 Å². The summed E-state index contributed by atoms with van der Waals surface area (Å²) < 4.78 is 26.0. The average Bonchev–Trinajstić information content (AvgIpc) is 2.02. The summed E-state index contributed by atoms with van der Waals surface area (Å²) in [5.74, 6) is -4.44. The average molecular weight is 189 g/mol.